The summed E-state index contributed by atoms with van der Waals surface area (Å²) in [6.07, 6.45) is 0. The number of thioether (sulfide) groups is 1. The second-order valence-electron chi connectivity index (χ2n) is 5.17. The lowest BCUT2D eigenvalue weighted by atomic mass is 10.0. The van der Waals surface area contributed by atoms with Crippen molar-refractivity contribution in [2.75, 3.05) is 12.0 Å². The maximum atomic E-state index is 12.3. The highest BCUT2D eigenvalue weighted by Gasteiger charge is 2.38. The van der Waals surface area contributed by atoms with Crippen LogP contribution in [-0.2, 0) is 9.53 Å². The molecule has 2 aromatic rings. The fraction of sp³-hybridized carbons (Fsp3) is 0.400. The number of esters is 1. The first-order chi connectivity index (χ1) is 10.6. The molecule has 0 bridgehead atoms. The number of ether oxygens (including phenoxy) is 1. The minimum atomic E-state index is -0.390. The average molecular weight is 318 g/mol. The standard InChI is InChI=1S/C15H18N4O2S/c1-4-21-14(20)13-12(11-7-5-9(2)6-8-11)18-19-10(3)16-17-15(19)22-13/h5-8,12-13,18H,4H2,1-3H3. The molecule has 1 aliphatic heterocycles. The quantitative estimate of drug-likeness (QED) is 0.875. The van der Waals surface area contributed by atoms with Gasteiger partial charge in [0.2, 0.25) is 5.16 Å². The van der Waals surface area contributed by atoms with Crippen molar-refractivity contribution in [3.63, 3.8) is 0 Å². The summed E-state index contributed by atoms with van der Waals surface area (Å²) in [5.74, 6) is 0.527. The Morgan fingerprint density at radius 3 is 2.73 bits per heavy atom. The zero-order valence-electron chi connectivity index (χ0n) is 12.7. The number of nitrogens with one attached hydrogen (secondary N) is 1. The molecule has 2 atom stereocenters. The fourth-order valence-corrected chi connectivity index (χ4v) is 3.51. The molecule has 1 N–H and O–H groups in total. The van der Waals surface area contributed by atoms with Crippen molar-refractivity contribution in [2.45, 2.75) is 37.2 Å². The number of hydrogen-bond donors (Lipinski definition) is 1. The number of benzene rings is 1. The van der Waals surface area contributed by atoms with Crippen LogP contribution in [0.25, 0.3) is 0 Å². The highest BCUT2D eigenvalue weighted by molar-refractivity contribution is 8.00. The first kappa shape index (κ1) is 14.9. The van der Waals surface area contributed by atoms with Crippen molar-refractivity contribution in [1.29, 1.82) is 0 Å². The van der Waals surface area contributed by atoms with E-state index in [-0.39, 0.29) is 12.0 Å². The molecule has 0 aliphatic carbocycles. The molecule has 0 amide bonds. The molecule has 2 heterocycles. The highest BCUT2D eigenvalue weighted by atomic mass is 32.2. The number of aryl methyl sites for hydroxylation is 2. The van der Waals surface area contributed by atoms with E-state index >= 15 is 0 Å². The molecule has 0 radical (unpaired) electrons. The fourth-order valence-electron chi connectivity index (χ4n) is 2.39. The van der Waals surface area contributed by atoms with E-state index in [9.17, 15) is 4.79 Å². The number of hydrogen-bond acceptors (Lipinski definition) is 6. The van der Waals surface area contributed by atoms with E-state index in [4.69, 9.17) is 4.74 Å². The van der Waals surface area contributed by atoms with Crippen molar-refractivity contribution in [3.05, 3.63) is 41.2 Å². The summed E-state index contributed by atoms with van der Waals surface area (Å²) in [5.41, 5.74) is 5.56. The number of carbonyl (C=O) groups is 1. The van der Waals surface area contributed by atoms with Crippen LogP contribution in [0.15, 0.2) is 29.4 Å². The lowest BCUT2D eigenvalue weighted by Gasteiger charge is -2.32. The Bertz CT molecular complexity index is 683. The maximum Gasteiger partial charge on any atom is 0.322 e. The summed E-state index contributed by atoms with van der Waals surface area (Å²) in [7, 11) is 0. The van der Waals surface area contributed by atoms with Crippen molar-refractivity contribution in [1.82, 2.24) is 14.9 Å². The molecule has 1 aromatic heterocycles. The van der Waals surface area contributed by atoms with E-state index in [1.165, 1.54) is 17.3 Å². The molecular formula is C15H18N4O2S. The van der Waals surface area contributed by atoms with Gasteiger partial charge in [0.1, 0.15) is 11.1 Å². The van der Waals surface area contributed by atoms with Crippen LogP contribution < -0.4 is 5.43 Å². The van der Waals surface area contributed by atoms with Gasteiger partial charge in [-0.05, 0) is 26.3 Å². The summed E-state index contributed by atoms with van der Waals surface area (Å²) in [4.78, 5) is 12.3. The Kier molecular flexibility index (Phi) is 4.06. The van der Waals surface area contributed by atoms with Crippen molar-refractivity contribution < 1.29 is 9.53 Å². The lowest BCUT2D eigenvalue weighted by molar-refractivity contribution is -0.142. The van der Waals surface area contributed by atoms with Crippen LogP contribution in [0.2, 0.25) is 0 Å². The molecule has 1 aromatic carbocycles. The largest absolute Gasteiger partial charge is 0.465 e. The second kappa shape index (κ2) is 6.00. The van der Waals surface area contributed by atoms with Crippen LogP contribution in [0.5, 0.6) is 0 Å². The monoisotopic (exact) mass is 318 g/mol. The predicted octanol–water partition coefficient (Wildman–Crippen LogP) is 2.22. The summed E-state index contributed by atoms with van der Waals surface area (Å²) < 4.78 is 7.05. The van der Waals surface area contributed by atoms with Crippen LogP contribution in [-0.4, -0.2) is 32.7 Å². The summed E-state index contributed by atoms with van der Waals surface area (Å²) in [6.45, 7) is 6.09. The number of carbonyl (C=O) groups excluding carboxylic acids is 1. The van der Waals surface area contributed by atoms with Gasteiger partial charge < -0.3 is 10.2 Å². The molecule has 116 valence electrons. The first-order valence-electron chi connectivity index (χ1n) is 7.18. The minimum absolute atomic E-state index is 0.188. The van der Waals surface area contributed by atoms with Gasteiger partial charge in [-0.2, -0.15) is 0 Å². The summed E-state index contributed by atoms with van der Waals surface area (Å²) in [6, 6.07) is 7.96. The third-order valence-electron chi connectivity index (χ3n) is 3.55. The lowest BCUT2D eigenvalue weighted by Crippen LogP contribution is -2.39. The molecule has 6 nitrogen and oxygen atoms in total. The maximum absolute atomic E-state index is 12.3. The topological polar surface area (TPSA) is 69.0 Å². The van der Waals surface area contributed by atoms with Gasteiger partial charge in [-0.25, -0.2) is 4.68 Å². The Balaban J connectivity index is 1.97. The molecule has 7 heteroatoms. The Morgan fingerprint density at radius 2 is 2.05 bits per heavy atom. The molecule has 0 spiro atoms. The average Bonchev–Trinajstić information content (AvgIpc) is 2.88. The van der Waals surface area contributed by atoms with Gasteiger partial charge in [0.15, 0.2) is 0 Å². The Labute approximate surface area is 133 Å². The van der Waals surface area contributed by atoms with Crippen LogP contribution in [0.3, 0.4) is 0 Å². The van der Waals surface area contributed by atoms with E-state index in [2.05, 4.69) is 15.6 Å². The third-order valence-corrected chi connectivity index (χ3v) is 4.75. The van der Waals surface area contributed by atoms with Crippen LogP contribution in [0.1, 0.15) is 29.9 Å². The summed E-state index contributed by atoms with van der Waals surface area (Å²) in [5, 5.41) is 8.44. The highest BCUT2D eigenvalue weighted by Crippen LogP contribution is 2.37. The van der Waals surface area contributed by atoms with Gasteiger partial charge in [0.25, 0.3) is 0 Å². The van der Waals surface area contributed by atoms with Gasteiger partial charge in [0.05, 0.1) is 12.6 Å². The minimum Gasteiger partial charge on any atom is -0.465 e. The van der Waals surface area contributed by atoms with E-state index in [0.717, 1.165) is 11.4 Å². The van der Waals surface area contributed by atoms with Gasteiger partial charge in [-0.1, -0.05) is 41.6 Å². The van der Waals surface area contributed by atoms with Crippen molar-refractivity contribution >= 4 is 17.7 Å². The second-order valence-corrected chi connectivity index (χ2v) is 6.28. The van der Waals surface area contributed by atoms with Gasteiger partial charge in [-0.3, -0.25) is 4.79 Å². The van der Waals surface area contributed by atoms with Crippen LogP contribution >= 0.6 is 11.8 Å². The van der Waals surface area contributed by atoms with Gasteiger partial charge >= 0.3 is 5.97 Å². The van der Waals surface area contributed by atoms with Crippen LogP contribution in [0.4, 0.5) is 0 Å². The molecule has 1 aliphatic rings. The number of nitrogens with zero attached hydrogens (tertiary/aromatic N) is 3. The molecule has 3 rings (SSSR count). The smallest absolute Gasteiger partial charge is 0.322 e. The molecule has 0 fully saturated rings. The van der Waals surface area contributed by atoms with Crippen molar-refractivity contribution in [2.24, 2.45) is 0 Å². The molecular weight excluding hydrogens is 300 g/mol. The van der Waals surface area contributed by atoms with E-state index < -0.39 is 5.25 Å². The normalized spacial score (nSPS) is 20.1. The van der Waals surface area contributed by atoms with E-state index in [1.807, 2.05) is 49.7 Å². The Hall–Kier alpha value is -2.02. The number of rotatable bonds is 3. The van der Waals surface area contributed by atoms with Gasteiger partial charge in [-0.15, -0.1) is 10.2 Å². The third kappa shape index (κ3) is 2.68. The van der Waals surface area contributed by atoms with Crippen molar-refractivity contribution in [3.8, 4) is 0 Å². The first-order valence-corrected chi connectivity index (χ1v) is 8.06. The Morgan fingerprint density at radius 1 is 1.32 bits per heavy atom. The SMILES string of the molecule is CCOC(=O)C1Sc2nnc(C)n2NC1c1ccc(C)cc1. The number of fused-ring (bicyclic) bond motifs is 1. The van der Waals surface area contributed by atoms with Gasteiger partial charge in [0, 0.05) is 0 Å². The van der Waals surface area contributed by atoms with E-state index in [0.29, 0.717) is 11.8 Å². The van der Waals surface area contributed by atoms with Crippen LogP contribution in [0, 0.1) is 13.8 Å². The molecule has 0 saturated carbocycles. The summed E-state index contributed by atoms with van der Waals surface area (Å²) >= 11 is 1.39. The molecule has 22 heavy (non-hydrogen) atoms. The zero-order valence-corrected chi connectivity index (χ0v) is 13.6. The molecule has 2 unspecified atom stereocenters. The van der Waals surface area contributed by atoms with E-state index in [1.54, 1.807) is 0 Å². The molecule has 0 saturated heterocycles. The predicted molar refractivity (Wildman–Crippen MR) is 84.3 cm³/mol. The zero-order chi connectivity index (χ0) is 15.7. The number of aromatic nitrogens is 3.